The van der Waals surface area contributed by atoms with Crippen LogP contribution >= 0.6 is 0 Å². The molecule has 0 spiro atoms. The maximum atomic E-state index is 4.00. The van der Waals surface area contributed by atoms with Crippen molar-refractivity contribution in [3.05, 3.63) is 0 Å². The molecule has 0 bridgehead atoms. The lowest BCUT2D eigenvalue weighted by Gasteiger charge is -0.701. The Morgan fingerprint density at radius 1 is 0.600 bits per heavy atom. The van der Waals surface area contributed by atoms with Gasteiger partial charge < -0.3 is 6.15 Å². The van der Waals surface area contributed by atoms with Gasteiger partial charge in [0.25, 0.3) is 0 Å². The summed E-state index contributed by atoms with van der Waals surface area (Å²) in [6.45, 7) is 0. The van der Waals surface area contributed by atoms with E-state index in [1.807, 2.05) is 0 Å². The zero-order valence-electron chi connectivity index (χ0n) is 3.02. The molecule has 0 amide bonds. The van der Waals surface area contributed by atoms with Gasteiger partial charge in [-0.15, -0.1) is 25.7 Å². The molecular formula is C4H7N. The van der Waals surface area contributed by atoms with Gasteiger partial charge in [0.05, 0.1) is 0 Å². The second-order valence-corrected chi connectivity index (χ2v) is 0. The molecule has 0 aliphatic heterocycles. The molecule has 0 heterocycles. The van der Waals surface area contributed by atoms with Crippen LogP contribution in [0, 0.1) is 25.7 Å². The topological polar surface area (TPSA) is 35.0 Å². The van der Waals surface area contributed by atoms with Gasteiger partial charge in [-0.25, -0.2) is 0 Å². The summed E-state index contributed by atoms with van der Waals surface area (Å²) in [6, 6.07) is 0. The molecule has 5 heavy (non-hydrogen) atoms. The van der Waals surface area contributed by atoms with Crippen molar-refractivity contribution in [2.75, 3.05) is 0 Å². The van der Waals surface area contributed by atoms with Crippen LogP contribution in [0.15, 0.2) is 0 Å². The molecule has 0 fully saturated rings. The van der Waals surface area contributed by atoms with Gasteiger partial charge in [0, 0.05) is 0 Å². The van der Waals surface area contributed by atoms with Gasteiger partial charge in [0.1, 0.15) is 0 Å². The Labute approximate surface area is 33.0 Å². The van der Waals surface area contributed by atoms with Crippen LogP contribution in [0.1, 0.15) is 0 Å². The lowest BCUT2D eigenvalue weighted by atomic mass is 11.4. The Bertz CT molecular complexity index is 19.1. The summed E-state index contributed by atoms with van der Waals surface area (Å²) in [7, 11) is 0. The van der Waals surface area contributed by atoms with E-state index < -0.39 is 0 Å². The van der Waals surface area contributed by atoms with Crippen LogP contribution in [0.25, 0.3) is 0 Å². The SMILES string of the molecule is C#C.C#C.N. The van der Waals surface area contributed by atoms with Crippen LogP contribution < -0.4 is 6.15 Å². The molecule has 28 valence electrons. The van der Waals surface area contributed by atoms with Crippen LogP contribution in [0.2, 0.25) is 0 Å². The second-order valence-electron chi connectivity index (χ2n) is 0. The van der Waals surface area contributed by atoms with Gasteiger partial charge in [0.15, 0.2) is 0 Å². The fourth-order valence-electron chi connectivity index (χ4n) is 0. The third kappa shape index (κ3) is 4.24. The Morgan fingerprint density at radius 2 is 0.600 bits per heavy atom. The standard InChI is InChI=1S/2C2H2.H3N/c2*1-2;/h2*1-2H;1H3. The maximum Gasteiger partial charge on any atom is -0.124 e. The molecule has 0 unspecified atom stereocenters. The summed E-state index contributed by atoms with van der Waals surface area (Å²) < 4.78 is 0. The molecule has 1 heteroatoms. The summed E-state index contributed by atoms with van der Waals surface area (Å²) in [6.07, 6.45) is 16.0. The molecule has 0 atom stereocenters. The second kappa shape index (κ2) is 15.7. The minimum Gasteiger partial charge on any atom is -0.344 e. The molecule has 1 nitrogen and oxygen atoms in total. The Hall–Kier alpha value is -0.920. The van der Waals surface area contributed by atoms with E-state index in [1.54, 1.807) is 0 Å². The molecule has 0 saturated heterocycles. The first-order valence-corrected chi connectivity index (χ1v) is 0.667. The predicted octanol–water partition coefficient (Wildman–Crippen LogP) is 0.661. The smallest absolute Gasteiger partial charge is 0.124 e. The Morgan fingerprint density at radius 3 is 0.600 bits per heavy atom. The molecule has 0 aromatic heterocycles. The minimum atomic E-state index is 0. The molecule has 0 radical (unpaired) electrons. The van der Waals surface area contributed by atoms with Crippen LogP contribution in [0.4, 0.5) is 0 Å². The molecule has 0 aromatic rings. The fourth-order valence-corrected chi connectivity index (χ4v) is 0. The van der Waals surface area contributed by atoms with Crippen LogP contribution in [0.3, 0.4) is 0 Å². The number of terminal acetylenes is 2. The van der Waals surface area contributed by atoms with Crippen LogP contribution in [0.5, 0.6) is 0 Å². The summed E-state index contributed by atoms with van der Waals surface area (Å²) in [5, 5.41) is 0. The van der Waals surface area contributed by atoms with E-state index in [0.29, 0.717) is 0 Å². The first-order valence-electron chi connectivity index (χ1n) is 0.667. The highest BCUT2D eigenvalue weighted by Crippen LogP contribution is 0.581. The van der Waals surface area contributed by atoms with Crippen molar-refractivity contribution in [1.82, 2.24) is 6.15 Å². The van der Waals surface area contributed by atoms with E-state index >= 15 is 0 Å². The maximum absolute atomic E-state index is 4.00. The van der Waals surface area contributed by atoms with E-state index in [4.69, 9.17) is 0 Å². The van der Waals surface area contributed by atoms with E-state index in [9.17, 15) is 0 Å². The van der Waals surface area contributed by atoms with Crippen molar-refractivity contribution in [3.8, 4) is 25.7 Å². The zero-order valence-corrected chi connectivity index (χ0v) is 3.02. The third-order valence-corrected chi connectivity index (χ3v) is 0. The fraction of sp³-hybridized carbons (Fsp3) is 0. The van der Waals surface area contributed by atoms with Crippen molar-refractivity contribution in [3.63, 3.8) is 0 Å². The number of hydrogen-bond acceptors (Lipinski definition) is 1. The van der Waals surface area contributed by atoms with Crippen LogP contribution in [-0.2, 0) is 0 Å². The summed E-state index contributed by atoms with van der Waals surface area (Å²) in [4.78, 5) is 0. The minimum absolute atomic E-state index is 0. The molecule has 0 aliphatic rings. The molecule has 0 aromatic carbocycles. The van der Waals surface area contributed by atoms with Crippen molar-refractivity contribution in [2.45, 2.75) is 0 Å². The molecule has 3 N–H and O–H groups in total. The number of rotatable bonds is 0. The average molecular weight is 69.1 g/mol. The van der Waals surface area contributed by atoms with Crippen molar-refractivity contribution < 1.29 is 0 Å². The van der Waals surface area contributed by atoms with Gasteiger partial charge in [-0.1, -0.05) is 0 Å². The highest BCUT2D eigenvalue weighted by atomic mass is 14.0. The Kier molecular flexibility index (Phi) is 104. The van der Waals surface area contributed by atoms with Gasteiger partial charge in [-0.3, -0.25) is 0 Å². The average Bonchev–Trinajstić information content (AvgIpc) is 1.50. The van der Waals surface area contributed by atoms with Gasteiger partial charge in [0.2, 0.25) is 0 Å². The van der Waals surface area contributed by atoms with E-state index in [2.05, 4.69) is 25.7 Å². The Balaban J connectivity index is -0.0000000133. The van der Waals surface area contributed by atoms with Gasteiger partial charge >= 0.3 is 0 Å². The van der Waals surface area contributed by atoms with Crippen LogP contribution in [-0.4, -0.2) is 0 Å². The third-order valence-electron chi connectivity index (χ3n) is 0. The largest absolute Gasteiger partial charge is 0.344 e. The van der Waals surface area contributed by atoms with Gasteiger partial charge in [-0.2, -0.15) is 0 Å². The van der Waals surface area contributed by atoms with E-state index in [0.717, 1.165) is 0 Å². The highest BCUT2D eigenvalue weighted by molar-refractivity contribution is 4.47. The summed E-state index contributed by atoms with van der Waals surface area (Å²) in [5.74, 6) is 0. The lowest BCUT2D eigenvalue weighted by Crippen LogP contribution is -0.576. The lowest BCUT2D eigenvalue weighted by molar-refractivity contribution is 2.13. The molecule has 0 aliphatic carbocycles. The summed E-state index contributed by atoms with van der Waals surface area (Å²) >= 11 is 0. The van der Waals surface area contributed by atoms with Crippen molar-refractivity contribution >= 4 is 0 Å². The quantitative estimate of drug-likeness (QED) is 0.417. The molecule has 0 rings (SSSR count). The van der Waals surface area contributed by atoms with Crippen molar-refractivity contribution in [2.24, 2.45) is 0 Å². The monoisotopic (exact) mass is 69.1 g/mol. The predicted molar refractivity (Wildman–Crippen MR) is 24.8 cm³/mol. The highest BCUT2D eigenvalue weighted by Gasteiger charge is 0.456. The number of hydrogen-bond donors (Lipinski definition) is 1. The van der Waals surface area contributed by atoms with Gasteiger partial charge in [-0.05, 0) is 0 Å². The molecular weight excluding hydrogens is 62.1 g/mol. The van der Waals surface area contributed by atoms with E-state index in [-0.39, 0.29) is 6.15 Å². The van der Waals surface area contributed by atoms with E-state index in [1.165, 1.54) is 0 Å². The first-order chi connectivity index (χ1) is 2.00. The molecule has 0 saturated carbocycles. The van der Waals surface area contributed by atoms with Crippen molar-refractivity contribution in [1.29, 1.82) is 0 Å². The summed E-state index contributed by atoms with van der Waals surface area (Å²) in [5.41, 5.74) is 0. The first kappa shape index (κ1) is 33.2. The zero-order chi connectivity index (χ0) is 4.00. The normalized spacial score (nSPS) is 0.800.